The molecule has 3 heterocycles. The minimum Gasteiger partial charge on any atom is -0.496 e. The molecule has 0 saturated carbocycles. The number of hydrogen-bond acceptors (Lipinski definition) is 8. The van der Waals surface area contributed by atoms with Crippen LogP contribution in [0.4, 0.5) is 11.4 Å². The topological polar surface area (TPSA) is 72.9 Å². The van der Waals surface area contributed by atoms with Crippen LogP contribution in [0.5, 0.6) is 17.2 Å². The molecule has 192 valence electrons. The summed E-state index contributed by atoms with van der Waals surface area (Å²) in [5.41, 5.74) is 9.28. The molecular formula is C30H27N3O4S. The van der Waals surface area contributed by atoms with E-state index in [1.165, 1.54) is 22.5 Å². The number of nitrogens with zero attached hydrogens (tertiary/aromatic N) is 2. The van der Waals surface area contributed by atoms with Crippen molar-refractivity contribution in [3.05, 3.63) is 88.4 Å². The SMILES string of the molecule is COc1cc(OC(=O)c2cscn2)ccc1-c1ccc2c3c1CN(c1ccccc1OC)C3=CC(C)(C)N2. The van der Waals surface area contributed by atoms with Gasteiger partial charge in [-0.2, -0.15) is 0 Å². The van der Waals surface area contributed by atoms with Gasteiger partial charge in [-0.05, 0) is 61.4 Å². The fourth-order valence-corrected chi connectivity index (χ4v) is 5.73. The first-order chi connectivity index (χ1) is 18.4. The molecule has 38 heavy (non-hydrogen) atoms. The van der Waals surface area contributed by atoms with Gasteiger partial charge in [-0.15, -0.1) is 11.3 Å². The first-order valence-electron chi connectivity index (χ1n) is 12.2. The van der Waals surface area contributed by atoms with Crippen LogP contribution in [0, 0.1) is 0 Å². The van der Waals surface area contributed by atoms with Crippen molar-refractivity contribution in [3.63, 3.8) is 0 Å². The van der Waals surface area contributed by atoms with Gasteiger partial charge in [0.2, 0.25) is 0 Å². The molecule has 8 heteroatoms. The monoisotopic (exact) mass is 525 g/mol. The Bertz CT molecular complexity index is 1580. The third kappa shape index (κ3) is 4.07. The number of rotatable bonds is 6. The third-order valence-corrected chi connectivity index (χ3v) is 7.41. The van der Waals surface area contributed by atoms with Crippen molar-refractivity contribution >= 4 is 34.4 Å². The maximum absolute atomic E-state index is 12.4. The minimum atomic E-state index is -0.496. The van der Waals surface area contributed by atoms with E-state index in [0.29, 0.717) is 18.0 Å². The Hall–Kier alpha value is -4.30. The van der Waals surface area contributed by atoms with Crippen molar-refractivity contribution in [2.24, 2.45) is 0 Å². The second kappa shape index (κ2) is 9.22. The predicted octanol–water partition coefficient (Wildman–Crippen LogP) is 6.61. The summed E-state index contributed by atoms with van der Waals surface area (Å²) in [6.45, 7) is 5.01. The summed E-state index contributed by atoms with van der Waals surface area (Å²) >= 11 is 1.35. The van der Waals surface area contributed by atoms with Crippen molar-refractivity contribution < 1.29 is 19.0 Å². The lowest BCUT2D eigenvalue weighted by Crippen LogP contribution is -2.33. The van der Waals surface area contributed by atoms with Crippen molar-refractivity contribution in [2.75, 3.05) is 24.4 Å². The van der Waals surface area contributed by atoms with Crippen LogP contribution in [0.2, 0.25) is 0 Å². The lowest BCUT2D eigenvalue weighted by Gasteiger charge is -2.33. The summed E-state index contributed by atoms with van der Waals surface area (Å²) < 4.78 is 17.1. The number of para-hydroxylation sites is 2. The molecule has 2 aliphatic rings. The number of aromatic nitrogens is 1. The number of carbonyl (C=O) groups excluding carboxylic acids is 1. The van der Waals surface area contributed by atoms with Crippen LogP contribution < -0.4 is 24.4 Å². The summed E-state index contributed by atoms with van der Waals surface area (Å²) in [6, 6.07) is 17.8. The first-order valence-corrected chi connectivity index (χ1v) is 13.2. The second-order valence-corrected chi connectivity index (χ2v) is 10.5. The number of methoxy groups -OCH3 is 2. The van der Waals surface area contributed by atoms with Gasteiger partial charge in [-0.3, -0.25) is 0 Å². The lowest BCUT2D eigenvalue weighted by molar-refractivity contribution is 0.0729. The largest absolute Gasteiger partial charge is 0.496 e. The van der Waals surface area contributed by atoms with E-state index < -0.39 is 5.97 Å². The number of ether oxygens (including phenoxy) is 3. The Labute approximate surface area is 225 Å². The van der Waals surface area contributed by atoms with Crippen LogP contribution in [-0.2, 0) is 6.54 Å². The fourth-order valence-electron chi connectivity index (χ4n) is 5.21. The molecule has 0 amide bonds. The van der Waals surface area contributed by atoms with Gasteiger partial charge in [0, 0.05) is 40.5 Å². The number of hydrogen-bond donors (Lipinski definition) is 1. The zero-order valence-electron chi connectivity index (χ0n) is 21.6. The summed E-state index contributed by atoms with van der Waals surface area (Å²) in [6.07, 6.45) is 2.28. The molecule has 6 rings (SSSR count). The van der Waals surface area contributed by atoms with E-state index in [1.54, 1.807) is 37.2 Å². The van der Waals surface area contributed by atoms with Gasteiger partial charge in [0.1, 0.15) is 17.2 Å². The molecule has 0 bridgehead atoms. The Balaban J connectivity index is 1.44. The molecule has 3 aromatic carbocycles. The highest BCUT2D eigenvalue weighted by Gasteiger charge is 2.37. The minimum absolute atomic E-state index is 0.216. The zero-order valence-corrected chi connectivity index (χ0v) is 22.4. The van der Waals surface area contributed by atoms with E-state index >= 15 is 0 Å². The van der Waals surface area contributed by atoms with Gasteiger partial charge in [-0.25, -0.2) is 9.78 Å². The summed E-state index contributed by atoms with van der Waals surface area (Å²) in [5, 5.41) is 5.33. The van der Waals surface area contributed by atoms with Crippen molar-refractivity contribution in [2.45, 2.75) is 25.9 Å². The molecule has 0 aliphatic carbocycles. The molecule has 0 spiro atoms. The van der Waals surface area contributed by atoms with Crippen LogP contribution in [0.3, 0.4) is 0 Å². The van der Waals surface area contributed by atoms with Crippen LogP contribution in [-0.4, -0.2) is 30.7 Å². The third-order valence-electron chi connectivity index (χ3n) is 6.82. The van der Waals surface area contributed by atoms with Crippen LogP contribution in [0.25, 0.3) is 16.8 Å². The Morgan fingerprint density at radius 3 is 2.58 bits per heavy atom. The lowest BCUT2D eigenvalue weighted by atomic mass is 9.89. The Kier molecular flexibility index (Phi) is 5.84. The van der Waals surface area contributed by atoms with E-state index in [2.05, 4.69) is 53.3 Å². The molecule has 0 unspecified atom stereocenters. The highest BCUT2D eigenvalue weighted by molar-refractivity contribution is 7.07. The summed E-state index contributed by atoms with van der Waals surface area (Å²) in [5.74, 6) is 1.35. The first kappa shape index (κ1) is 24.1. The summed E-state index contributed by atoms with van der Waals surface area (Å²) in [4.78, 5) is 18.8. The van der Waals surface area contributed by atoms with Crippen LogP contribution in [0.1, 0.15) is 35.5 Å². The molecule has 7 nitrogen and oxygen atoms in total. The second-order valence-electron chi connectivity index (χ2n) is 9.77. The molecule has 0 radical (unpaired) electrons. The van der Waals surface area contributed by atoms with E-state index in [4.69, 9.17) is 14.2 Å². The molecule has 0 saturated heterocycles. The number of anilines is 2. The fraction of sp³-hybridized carbons (Fsp3) is 0.200. The van der Waals surface area contributed by atoms with Gasteiger partial charge < -0.3 is 24.4 Å². The average Bonchev–Trinajstić information content (AvgIpc) is 3.58. The van der Waals surface area contributed by atoms with Crippen molar-refractivity contribution in [3.8, 4) is 28.4 Å². The number of esters is 1. The molecule has 2 aliphatic heterocycles. The Morgan fingerprint density at radius 2 is 1.82 bits per heavy atom. The van der Waals surface area contributed by atoms with Gasteiger partial charge in [-0.1, -0.05) is 18.2 Å². The molecular weight excluding hydrogens is 498 g/mol. The zero-order chi connectivity index (χ0) is 26.4. The number of benzene rings is 3. The molecule has 1 N–H and O–H groups in total. The molecule has 0 atom stereocenters. The number of carbonyl (C=O) groups is 1. The summed E-state index contributed by atoms with van der Waals surface area (Å²) in [7, 11) is 3.33. The average molecular weight is 526 g/mol. The van der Waals surface area contributed by atoms with Gasteiger partial charge in [0.05, 0.1) is 31.0 Å². The van der Waals surface area contributed by atoms with E-state index in [0.717, 1.165) is 33.9 Å². The van der Waals surface area contributed by atoms with Crippen molar-refractivity contribution in [1.29, 1.82) is 0 Å². The normalized spacial score (nSPS) is 14.8. The standard InChI is InChI=1S/C30H27N3O4S/c1-30(2)14-25-28-21(15-33(25)24-7-5-6-8-26(24)35-3)19(11-12-22(28)32-30)20-10-9-18(13-27(20)36-4)37-29(34)23-16-38-17-31-23/h5-14,16-17,32H,15H2,1-4H3. The van der Waals surface area contributed by atoms with Gasteiger partial charge in [0.25, 0.3) is 0 Å². The number of nitrogens with one attached hydrogen (secondary N) is 1. The van der Waals surface area contributed by atoms with E-state index in [-0.39, 0.29) is 11.2 Å². The molecule has 0 fully saturated rings. The highest BCUT2D eigenvalue weighted by Crippen LogP contribution is 2.51. The number of thiazole rings is 1. The van der Waals surface area contributed by atoms with Crippen LogP contribution in [0.15, 0.2) is 71.6 Å². The van der Waals surface area contributed by atoms with E-state index in [1.807, 2.05) is 24.3 Å². The predicted molar refractivity (Wildman–Crippen MR) is 150 cm³/mol. The van der Waals surface area contributed by atoms with E-state index in [9.17, 15) is 4.79 Å². The quantitative estimate of drug-likeness (QED) is 0.224. The van der Waals surface area contributed by atoms with Gasteiger partial charge >= 0.3 is 5.97 Å². The van der Waals surface area contributed by atoms with Crippen LogP contribution >= 0.6 is 11.3 Å². The Morgan fingerprint density at radius 1 is 1.03 bits per heavy atom. The molecule has 4 aromatic rings. The maximum atomic E-state index is 12.4. The maximum Gasteiger partial charge on any atom is 0.363 e. The highest BCUT2D eigenvalue weighted by atomic mass is 32.1. The van der Waals surface area contributed by atoms with Crippen molar-refractivity contribution in [1.82, 2.24) is 4.98 Å². The molecule has 1 aromatic heterocycles. The smallest absolute Gasteiger partial charge is 0.363 e. The van der Waals surface area contributed by atoms with Gasteiger partial charge in [0.15, 0.2) is 5.69 Å².